The zero-order chi connectivity index (χ0) is 11.3. The van der Waals surface area contributed by atoms with Gasteiger partial charge in [0.1, 0.15) is 0 Å². The van der Waals surface area contributed by atoms with Gasteiger partial charge in [-0.05, 0) is 12.1 Å². The summed E-state index contributed by atoms with van der Waals surface area (Å²) in [4.78, 5) is 10.9. The monoisotopic (exact) mass is 233 g/mol. The van der Waals surface area contributed by atoms with Gasteiger partial charge in [-0.25, -0.2) is 9.18 Å². The van der Waals surface area contributed by atoms with Crippen LogP contribution in [0.15, 0.2) is 18.2 Å². The third-order valence-electron chi connectivity index (χ3n) is 1.61. The van der Waals surface area contributed by atoms with Crippen LogP contribution >= 0.6 is 11.6 Å². The summed E-state index contributed by atoms with van der Waals surface area (Å²) in [7, 11) is 1.33. The number of methoxy groups -OCH3 is 1. The number of ether oxygens (including phenoxy) is 2. The molecule has 0 unspecified atom stereocenters. The highest BCUT2D eigenvalue weighted by atomic mass is 35.5. The van der Waals surface area contributed by atoms with Crippen molar-refractivity contribution in [1.82, 2.24) is 0 Å². The highest BCUT2D eigenvalue weighted by Crippen LogP contribution is 2.23. The lowest BCUT2D eigenvalue weighted by Gasteiger charge is -2.08. The number of halogens is 2. The maximum Gasteiger partial charge on any atom is 0.412 e. The molecule has 0 aliphatic carbocycles. The van der Waals surface area contributed by atoms with Crippen LogP contribution in [0.5, 0.6) is 5.75 Å². The van der Waals surface area contributed by atoms with Crippen molar-refractivity contribution in [3.05, 3.63) is 24.0 Å². The summed E-state index contributed by atoms with van der Waals surface area (Å²) in [5.74, 6) is -0.620. The maximum atomic E-state index is 13.4. The summed E-state index contributed by atoms with van der Waals surface area (Å²) in [5.41, 5.74) is -0.0236. The van der Waals surface area contributed by atoms with Gasteiger partial charge in [-0.1, -0.05) is 17.7 Å². The van der Waals surface area contributed by atoms with Crippen molar-refractivity contribution < 1.29 is 18.7 Å². The van der Waals surface area contributed by atoms with E-state index in [2.05, 4.69) is 10.1 Å². The molecule has 0 spiro atoms. The van der Waals surface area contributed by atoms with Crippen molar-refractivity contribution in [2.24, 2.45) is 0 Å². The zero-order valence-electron chi connectivity index (χ0n) is 7.92. The largest absolute Gasteiger partial charge is 0.494 e. The van der Waals surface area contributed by atoms with Crippen molar-refractivity contribution in [2.45, 2.75) is 0 Å². The maximum absolute atomic E-state index is 13.4. The van der Waals surface area contributed by atoms with E-state index in [0.29, 0.717) is 0 Å². The summed E-state index contributed by atoms with van der Waals surface area (Å²) >= 11 is 5.16. The third kappa shape index (κ3) is 2.99. The first-order chi connectivity index (χ1) is 7.19. The Kier molecular flexibility index (Phi) is 4.17. The van der Waals surface area contributed by atoms with Crippen LogP contribution < -0.4 is 10.1 Å². The number of hydrogen-bond acceptors (Lipinski definition) is 3. The van der Waals surface area contributed by atoms with Gasteiger partial charge in [0.15, 0.2) is 17.6 Å². The van der Waals surface area contributed by atoms with Crippen LogP contribution in [0.25, 0.3) is 0 Å². The predicted octanol–water partition coefficient (Wildman–Crippen LogP) is 2.58. The van der Waals surface area contributed by atoms with Crippen LogP contribution in [0.3, 0.4) is 0 Å². The highest BCUT2D eigenvalue weighted by Gasteiger charge is 2.11. The lowest BCUT2D eigenvalue weighted by atomic mass is 10.3. The molecule has 4 nitrogen and oxygen atoms in total. The van der Waals surface area contributed by atoms with E-state index in [1.807, 2.05) is 0 Å². The molecule has 1 amide bonds. The minimum Gasteiger partial charge on any atom is -0.494 e. The van der Waals surface area contributed by atoms with Crippen LogP contribution in [0, 0.1) is 5.82 Å². The van der Waals surface area contributed by atoms with E-state index >= 15 is 0 Å². The van der Waals surface area contributed by atoms with E-state index < -0.39 is 11.9 Å². The number of rotatable bonds is 3. The number of hydrogen-bond donors (Lipinski definition) is 1. The van der Waals surface area contributed by atoms with E-state index in [-0.39, 0.29) is 17.5 Å². The molecule has 0 aliphatic rings. The van der Waals surface area contributed by atoms with Gasteiger partial charge in [0, 0.05) is 0 Å². The number of nitrogens with one attached hydrogen (secondary N) is 1. The first kappa shape index (κ1) is 11.6. The molecule has 1 rings (SSSR count). The summed E-state index contributed by atoms with van der Waals surface area (Å²) in [6.45, 7) is 0. The zero-order valence-corrected chi connectivity index (χ0v) is 8.68. The molecule has 0 saturated heterocycles. The lowest BCUT2D eigenvalue weighted by Crippen LogP contribution is -2.13. The molecule has 0 radical (unpaired) electrons. The van der Waals surface area contributed by atoms with Gasteiger partial charge in [-0.3, -0.25) is 5.32 Å². The number of benzene rings is 1. The van der Waals surface area contributed by atoms with Crippen molar-refractivity contribution in [3.8, 4) is 5.75 Å². The summed E-state index contributed by atoms with van der Waals surface area (Å²) in [6.07, 6.45) is -0.822. The molecule has 82 valence electrons. The Balaban J connectivity index is 2.81. The molecule has 0 aliphatic heterocycles. The molecule has 0 heterocycles. The van der Waals surface area contributed by atoms with Gasteiger partial charge in [0.05, 0.1) is 12.8 Å². The van der Waals surface area contributed by atoms with E-state index in [9.17, 15) is 9.18 Å². The van der Waals surface area contributed by atoms with Crippen molar-refractivity contribution in [1.29, 1.82) is 0 Å². The third-order valence-corrected chi connectivity index (χ3v) is 1.71. The number of anilines is 1. The van der Waals surface area contributed by atoms with Crippen LogP contribution in [-0.4, -0.2) is 19.3 Å². The number of amides is 1. The molecule has 0 aromatic heterocycles. The van der Waals surface area contributed by atoms with Crippen molar-refractivity contribution in [2.75, 3.05) is 18.5 Å². The summed E-state index contributed by atoms with van der Waals surface area (Å²) in [6, 6.07) is 4.07. The fourth-order valence-corrected chi connectivity index (χ4v) is 1.06. The average Bonchev–Trinajstić information content (AvgIpc) is 2.21. The number of alkyl halides is 1. The first-order valence-electron chi connectivity index (χ1n) is 4.01. The smallest absolute Gasteiger partial charge is 0.412 e. The topological polar surface area (TPSA) is 47.6 Å². The molecule has 1 N–H and O–H groups in total. The fraction of sp³-hybridized carbons (Fsp3) is 0.222. The highest BCUT2D eigenvalue weighted by molar-refractivity contribution is 6.17. The molecule has 1 aromatic rings. The minimum atomic E-state index is -0.822. The fourth-order valence-electron chi connectivity index (χ4n) is 0.961. The minimum absolute atomic E-state index is 0.0236. The molecule has 1 aromatic carbocycles. The van der Waals surface area contributed by atoms with Gasteiger partial charge in [-0.15, -0.1) is 0 Å². The molecule has 0 saturated carbocycles. The second kappa shape index (κ2) is 5.41. The van der Waals surface area contributed by atoms with E-state index in [0.717, 1.165) is 0 Å². The second-order valence-electron chi connectivity index (χ2n) is 2.49. The standard InChI is InChI=1S/C9H9ClFNO3/c1-14-7-4-2-3-6(8(7)11)12-9(13)15-5-10/h2-4H,5H2,1H3,(H,12,13). The molecular formula is C9H9ClFNO3. The SMILES string of the molecule is COc1cccc(NC(=O)OCCl)c1F. The Bertz CT molecular complexity index is 359. The van der Waals surface area contributed by atoms with Gasteiger partial charge in [0.25, 0.3) is 0 Å². The number of carbonyl (C=O) groups is 1. The molecular weight excluding hydrogens is 225 g/mol. The van der Waals surface area contributed by atoms with Gasteiger partial charge < -0.3 is 9.47 Å². The van der Waals surface area contributed by atoms with Gasteiger partial charge >= 0.3 is 6.09 Å². The number of carbonyl (C=O) groups excluding carboxylic acids is 1. The van der Waals surface area contributed by atoms with Crippen LogP contribution in [0.4, 0.5) is 14.9 Å². The van der Waals surface area contributed by atoms with Crippen LogP contribution in [0.1, 0.15) is 0 Å². The Morgan fingerprint density at radius 3 is 2.93 bits per heavy atom. The van der Waals surface area contributed by atoms with Gasteiger partial charge in [0.2, 0.25) is 0 Å². The molecule has 0 atom stereocenters. The summed E-state index contributed by atoms with van der Waals surface area (Å²) in [5, 5.41) is 2.19. The lowest BCUT2D eigenvalue weighted by molar-refractivity contribution is 0.180. The molecule has 0 bridgehead atoms. The van der Waals surface area contributed by atoms with Gasteiger partial charge in [-0.2, -0.15) is 0 Å². The Hall–Kier alpha value is -1.49. The Morgan fingerprint density at radius 2 is 2.33 bits per heavy atom. The molecule has 0 fully saturated rings. The van der Waals surface area contributed by atoms with Crippen LogP contribution in [0.2, 0.25) is 0 Å². The average molecular weight is 234 g/mol. The summed E-state index contributed by atoms with van der Waals surface area (Å²) < 4.78 is 22.6. The van der Waals surface area contributed by atoms with E-state index in [1.165, 1.54) is 25.3 Å². The second-order valence-corrected chi connectivity index (χ2v) is 2.71. The van der Waals surface area contributed by atoms with Crippen LogP contribution in [-0.2, 0) is 4.74 Å². The molecule has 15 heavy (non-hydrogen) atoms. The van der Waals surface area contributed by atoms with E-state index in [1.54, 1.807) is 0 Å². The Morgan fingerprint density at radius 1 is 1.60 bits per heavy atom. The Labute approximate surface area is 90.9 Å². The predicted molar refractivity (Wildman–Crippen MR) is 53.8 cm³/mol. The van der Waals surface area contributed by atoms with Crippen molar-refractivity contribution >= 4 is 23.4 Å². The van der Waals surface area contributed by atoms with E-state index in [4.69, 9.17) is 16.3 Å². The first-order valence-corrected chi connectivity index (χ1v) is 4.54. The molecule has 6 heteroatoms. The normalized spacial score (nSPS) is 9.53. The quantitative estimate of drug-likeness (QED) is 0.817. The van der Waals surface area contributed by atoms with Crippen molar-refractivity contribution in [3.63, 3.8) is 0 Å².